The molecular formula is C37H31IrN3-2. The Bertz CT molecular complexity index is 1680. The zero-order valence-electron chi connectivity index (χ0n) is 23.4. The monoisotopic (exact) mass is 710 g/mol. The third-order valence-corrected chi connectivity index (χ3v) is 6.81. The molecule has 4 aromatic carbocycles. The van der Waals surface area contributed by atoms with Crippen LogP contribution in [0.4, 0.5) is 0 Å². The molecule has 4 heteroatoms. The molecule has 0 amide bonds. The number of pyridine rings is 1. The number of aryl methyl sites for hydroxylation is 3. The van der Waals surface area contributed by atoms with E-state index in [0.717, 1.165) is 45.9 Å². The van der Waals surface area contributed by atoms with Crippen LogP contribution in [-0.4, -0.2) is 15.0 Å². The molecule has 6 aromatic rings. The van der Waals surface area contributed by atoms with E-state index in [1.807, 2.05) is 80.8 Å². The fourth-order valence-corrected chi connectivity index (χ4v) is 4.43. The number of rotatable bonds is 5. The van der Waals surface area contributed by atoms with Crippen LogP contribution in [-0.2, 0) is 26.5 Å². The first kappa shape index (κ1) is 29.7. The molecule has 2 aromatic heterocycles. The van der Waals surface area contributed by atoms with Gasteiger partial charge in [0.1, 0.15) is 0 Å². The van der Waals surface area contributed by atoms with E-state index < -0.39 is 0 Å². The Hall–Kier alpha value is -4.24. The van der Waals surface area contributed by atoms with E-state index in [9.17, 15) is 0 Å². The van der Waals surface area contributed by atoms with Gasteiger partial charge >= 0.3 is 0 Å². The number of benzene rings is 4. The molecule has 205 valence electrons. The Morgan fingerprint density at radius 3 is 1.98 bits per heavy atom. The van der Waals surface area contributed by atoms with E-state index in [1.54, 1.807) is 0 Å². The second-order valence-electron chi connectivity index (χ2n) is 9.54. The summed E-state index contributed by atoms with van der Waals surface area (Å²) in [5, 5.41) is 0. The second kappa shape index (κ2) is 14.4. The van der Waals surface area contributed by atoms with E-state index >= 15 is 0 Å². The molecule has 3 nitrogen and oxygen atoms in total. The van der Waals surface area contributed by atoms with Crippen molar-refractivity contribution in [3.05, 3.63) is 151 Å². The predicted octanol–water partition coefficient (Wildman–Crippen LogP) is 9.00. The number of hydrogen-bond donors (Lipinski definition) is 0. The van der Waals surface area contributed by atoms with Crippen LogP contribution >= 0.6 is 0 Å². The van der Waals surface area contributed by atoms with Crippen molar-refractivity contribution < 1.29 is 20.1 Å². The van der Waals surface area contributed by atoms with Crippen molar-refractivity contribution >= 4 is 0 Å². The molecule has 0 N–H and O–H groups in total. The van der Waals surface area contributed by atoms with E-state index in [1.165, 1.54) is 22.3 Å². The quantitative estimate of drug-likeness (QED) is 0.168. The molecule has 41 heavy (non-hydrogen) atoms. The van der Waals surface area contributed by atoms with Crippen molar-refractivity contribution in [3.63, 3.8) is 0 Å². The van der Waals surface area contributed by atoms with Gasteiger partial charge in [-0.05, 0) is 48.2 Å². The molecule has 0 unspecified atom stereocenters. The largest absolute Gasteiger partial charge is 0.304 e. The van der Waals surface area contributed by atoms with E-state index in [4.69, 9.17) is 0 Å². The Morgan fingerprint density at radius 2 is 1.32 bits per heavy atom. The molecule has 0 fully saturated rings. The Labute approximate surface area is 256 Å². The normalized spacial score (nSPS) is 10.2. The summed E-state index contributed by atoms with van der Waals surface area (Å²) in [6.45, 7) is 6.20. The zero-order valence-corrected chi connectivity index (χ0v) is 25.8. The van der Waals surface area contributed by atoms with Crippen molar-refractivity contribution in [2.24, 2.45) is 0 Å². The fraction of sp³-hybridized carbons (Fsp3) is 0.108. The van der Waals surface area contributed by atoms with Gasteiger partial charge in [-0.3, -0.25) is 9.97 Å². The first-order valence-electron chi connectivity index (χ1n) is 13.5. The molecule has 0 aliphatic heterocycles. The van der Waals surface area contributed by atoms with Crippen LogP contribution in [0, 0.1) is 26.0 Å². The van der Waals surface area contributed by atoms with Crippen LogP contribution in [0.25, 0.3) is 44.9 Å². The van der Waals surface area contributed by atoms with E-state index in [-0.39, 0.29) is 20.1 Å². The summed E-state index contributed by atoms with van der Waals surface area (Å²) in [4.78, 5) is 13.5. The maximum atomic E-state index is 4.60. The molecule has 0 spiro atoms. The van der Waals surface area contributed by atoms with Gasteiger partial charge in [0.15, 0.2) is 0 Å². The van der Waals surface area contributed by atoms with Gasteiger partial charge in [0.2, 0.25) is 0 Å². The maximum Gasteiger partial charge on any atom is 0.0751 e. The molecule has 0 bridgehead atoms. The zero-order chi connectivity index (χ0) is 27.7. The van der Waals surface area contributed by atoms with Crippen LogP contribution in [0.15, 0.2) is 122 Å². The Morgan fingerprint density at radius 1 is 0.634 bits per heavy atom. The van der Waals surface area contributed by atoms with Crippen molar-refractivity contribution in [2.45, 2.75) is 27.2 Å². The van der Waals surface area contributed by atoms with Crippen molar-refractivity contribution in [3.8, 4) is 44.9 Å². The second-order valence-corrected chi connectivity index (χ2v) is 9.54. The van der Waals surface area contributed by atoms with Gasteiger partial charge in [-0.1, -0.05) is 73.7 Å². The van der Waals surface area contributed by atoms with Crippen molar-refractivity contribution in [1.29, 1.82) is 0 Å². The Kier molecular flexibility index (Phi) is 10.4. The summed E-state index contributed by atoms with van der Waals surface area (Å²) in [6, 6.07) is 43.4. The van der Waals surface area contributed by atoms with Gasteiger partial charge in [-0.2, -0.15) is 0 Å². The first-order chi connectivity index (χ1) is 19.6. The van der Waals surface area contributed by atoms with Gasteiger partial charge in [-0.25, -0.2) is 0 Å². The molecular weight excluding hydrogens is 679 g/mol. The molecule has 1 radical (unpaired) electrons. The predicted molar refractivity (Wildman–Crippen MR) is 165 cm³/mol. The molecule has 0 aliphatic carbocycles. The standard InChI is InChI=1S/C19H16N.C18H15N2.Ir/c1-2-15-13-19(17-11-7-4-8-12-17)20-14-18(15)16-9-5-3-6-10-16;1-13-12-19-18(20-14(13)2)17-10-6-9-16(11-17)15-7-4-3-5-8-15;/h3-11,13-14H,2H2,1H3;3-9,11-12H,1-2H3;/q2*-1;. The third kappa shape index (κ3) is 7.49. The first-order valence-corrected chi connectivity index (χ1v) is 13.5. The molecule has 2 heterocycles. The topological polar surface area (TPSA) is 38.7 Å². The summed E-state index contributed by atoms with van der Waals surface area (Å²) in [7, 11) is 0. The molecule has 0 atom stereocenters. The van der Waals surface area contributed by atoms with Gasteiger partial charge in [0.25, 0.3) is 0 Å². The summed E-state index contributed by atoms with van der Waals surface area (Å²) in [5.74, 6) is 0.728. The Balaban J connectivity index is 0.000000184. The average Bonchev–Trinajstić information content (AvgIpc) is 3.04. The van der Waals surface area contributed by atoms with Gasteiger partial charge in [-0.15, -0.1) is 71.3 Å². The summed E-state index contributed by atoms with van der Waals surface area (Å²) < 4.78 is 0. The maximum absolute atomic E-state index is 4.60. The smallest absolute Gasteiger partial charge is 0.0751 e. The van der Waals surface area contributed by atoms with Gasteiger partial charge in [0.05, 0.1) is 5.82 Å². The van der Waals surface area contributed by atoms with Crippen LogP contribution in [0.5, 0.6) is 0 Å². The minimum absolute atomic E-state index is 0. The van der Waals surface area contributed by atoms with Crippen LogP contribution < -0.4 is 0 Å². The van der Waals surface area contributed by atoms with E-state index in [2.05, 4.69) is 88.6 Å². The van der Waals surface area contributed by atoms with Crippen LogP contribution in [0.1, 0.15) is 23.7 Å². The third-order valence-electron chi connectivity index (χ3n) is 6.81. The molecule has 6 rings (SSSR count). The van der Waals surface area contributed by atoms with E-state index in [0.29, 0.717) is 0 Å². The van der Waals surface area contributed by atoms with Gasteiger partial charge < -0.3 is 4.98 Å². The number of nitrogens with zero attached hydrogens (tertiary/aromatic N) is 3. The van der Waals surface area contributed by atoms with Crippen molar-refractivity contribution in [2.75, 3.05) is 0 Å². The SMILES string of the molecule is CCc1cc(-c2[c-]cccc2)ncc1-c1ccccc1.Cc1cnc(-c2[c-]ccc(-c3ccccc3)c2)nc1C.[Ir]. The number of hydrogen-bond acceptors (Lipinski definition) is 3. The van der Waals surface area contributed by atoms with Gasteiger partial charge in [0, 0.05) is 43.8 Å². The minimum Gasteiger partial charge on any atom is -0.304 e. The fourth-order valence-electron chi connectivity index (χ4n) is 4.43. The molecule has 0 aliphatic rings. The summed E-state index contributed by atoms with van der Waals surface area (Å²) >= 11 is 0. The molecule has 0 saturated carbocycles. The number of aromatic nitrogens is 3. The molecule has 0 saturated heterocycles. The van der Waals surface area contributed by atoms with Crippen LogP contribution in [0.3, 0.4) is 0 Å². The average molecular weight is 710 g/mol. The summed E-state index contributed by atoms with van der Waals surface area (Å²) in [5.41, 5.74) is 11.2. The minimum atomic E-state index is 0. The summed E-state index contributed by atoms with van der Waals surface area (Å²) in [6.07, 6.45) is 4.83. The van der Waals surface area contributed by atoms with Crippen LogP contribution in [0.2, 0.25) is 0 Å². The van der Waals surface area contributed by atoms with Crippen molar-refractivity contribution in [1.82, 2.24) is 15.0 Å².